The Labute approximate surface area is 159 Å². The average molecular weight is 397 g/mol. The fraction of sp³-hybridized carbons (Fsp3) is 0.263. The van der Waals surface area contributed by atoms with E-state index < -0.39 is 36.3 Å². The SMILES string of the molecule is COc1ccc(OCC(=O)O[C@@H](C)C(=O)Nc2ccc(C(F)(F)F)cc2)cc1. The minimum Gasteiger partial charge on any atom is -0.497 e. The number of nitrogens with one attached hydrogen (secondary N) is 1. The van der Waals surface area contributed by atoms with Crippen LogP contribution in [0.3, 0.4) is 0 Å². The molecule has 6 nitrogen and oxygen atoms in total. The molecular formula is C19H18F3NO5. The van der Waals surface area contributed by atoms with Gasteiger partial charge in [0, 0.05) is 5.69 Å². The minimum atomic E-state index is -4.46. The number of hydrogen-bond donors (Lipinski definition) is 1. The summed E-state index contributed by atoms with van der Waals surface area (Å²) in [6.07, 6.45) is -5.62. The maximum atomic E-state index is 12.5. The molecule has 28 heavy (non-hydrogen) atoms. The first kappa shape index (κ1) is 21.1. The van der Waals surface area contributed by atoms with Gasteiger partial charge in [-0.05, 0) is 55.5 Å². The Morgan fingerprint density at radius 3 is 2.11 bits per heavy atom. The van der Waals surface area contributed by atoms with E-state index >= 15 is 0 Å². The molecule has 0 heterocycles. The number of hydrogen-bond acceptors (Lipinski definition) is 5. The third-order valence-electron chi connectivity index (χ3n) is 3.57. The Hall–Kier alpha value is -3.23. The van der Waals surface area contributed by atoms with Crippen molar-refractivity contribution in [2.45, 2.75) is 19.2 Å². The summed E-state index contributed by atoms with van der Waals surface area (Å²) < 4.78 is 52.8. The number of benzene rings is 2. The molecule has 0 aliphatic heterocycles. The van der Waals surface area contributed by atoms with Crippen LogP contribution in [-0.4, -0.2) is 31.7 Å². The first-order valence-corrected chi connectivity index (χ1v) is 8.13. The van der Waals surface area contributed by atoms with Crippen molar-refractivity contribution in [1.82, 2.24) is 0 Å². The van der Waals surface area contributed by atoms with Gasteiger partial charge in [-0.2, -0.15) is 13.2 Å². The standard InChI is InChI=1S/C19H18F3NO5/c1-12(18(25)23-14-5-3-13(4-6-14)19(20,21)22)28-17(24)11-27-16-9-7-15(26-2)8-10-16/h3-10,12H,11H2,1-2H3,(H,23,25)/t12-/m0/s1. The van der Waals surface area contributed by atoms with Gasteiger partial charge in [0.05, 0.1) is 12.7 Å². The predicted octanol–water partition coefficient (Wildman–Crippen LogP) is 3.66. The van der Waals surface area contributed by atoms with Gasteiger partial charge in [0.15, 0.2) is 12.7 Å². The highest BCUT2D eigenvalue weighted by Gasteiger charge is 2.30. The largest absolute Gasteiger partial charge is 0.497 e. The topological polar surface area (TPSA) is 73.9 Å². The molecule has 1 amide bonds. The van der Waals surface area contributed by atoms with Gasteiger partial charge < -0.3 is 19.5 Å². The summed E-state index contributed by atoms with van der Waals surface area (Å²) in [5.41, 5.74) is -0.684. The van der Waals surface area contributed by atoms with E-state index in [0.717, 1.165) is 24.3 Å². The van der Waals surface area contributed by atoms with E-state index in [1.807, 2.05) is 0 Å². The Bertz CT molecular complexity index is 804. The van der Waals surface area contributed by atoms with Gasteiger partial charge in [-0.3, -0.25) is 4.79 Å². The maximum absolute atomic E-state index is 12.5. The summed E-state index contributed by atoms with van der Waals surface area (Å²) in [7, 11) is 1.52. The molecule has 2 rings (SSSR count). The highest BCUT2D eigenvalue weighted by Crippen LogP contribution is 2.29. The van der Waals surface area contributed by atoms with Crippen LogP contribution in [0, 0.1) is 0 Å². The lowest BCUT2D eigenvalue weighted by atomic mass is 10.2. The maximum Gasteiger partial charge on any atom is 0.416 e. The summed E-state index contributed by atoms with van der Waals surface area (Å²) in [6, 6.07) is 10.4. The number of halogens is 3. The summed E-state index contributed by atoms with van der Waals surface area (Å²) in [6.45, 7) is 0.926. The van der Waals surface area contributed by atoms with Gasteiger partial charge in [0.1, 0.15) is 11.5 Å². The quantitative estimate of drug-likeness (QED) is 0.722. The summed E-state index contributed by atoms with van der Waals surface area (Å²) in [4.78, 5) is 23.8. The molecule has 0 spiro atoms. The first-order chi connectivity index (χ1) is 13.2. The van der Waals surface area contributed by atoms with Crippen molar-refractivity contribution in [3.63, 3.8) is 0 Å². The molecule has 0 saturated carbocycles. The van der Waals surface area contributed by atoms with Crippen LogP contribution in [0.1, 0.15) is 12.5 Å². The van der Waals surface area contributed by atoms with Crippen molar-refractivity contribution in [1.29, 1.82) is 0 Å². The first-order valence-electron chi connectivity index (χ1n) is 8.13. The van der Waals surface area contributed by atoms with Gasteiger partial charge in [-0.25, -0.2) is 4.79 Å². The van der Waals surface area contributed by atoms with Crippen LogP contribution in [0.25, 0.3) is 0 Å². The van der Waals surface area contributed by atoms with Gasteiger partial charge in [-0.15, -0.1) is 0 Å². The fourth-order valence-electron chi connectivity index (χ4n) is 2.09. The summed E-state index contributed by atoms with van der Waals surface area (Å²) in [5, 5.41) is 2.37. The number of ether oxygens (including phenoxy) is 3. The monoisotopic (exact) mass is 397 g/mol. The zero-order valence-electron chi connectivity index (χ0n) is 15.1. The molecule has 0 radical (unpaired) electrons. The van der Waals surface area contributed by atoms with E-state index in [9.17, 15) is 22.8 Å². The molecule has 1 N–H and O–H groups in total. The van der Waals surface area contributed by atoms with E-state index in [-0.39, 0.29) is 5.69 Å². The average Bonchev–Trinajstić information content (AvgIpc) is 2.66. The lowest BCUT2D eigenvalue weighted by Gasteiger charge is -2.14. The fourth-order valence-corrected chi connectivity index (χ4v) is 2.09. The van der Waals surface area contributed by atoms with E-state index in [4.69, 9.17) is 14.2 Å². The molecule has 1 atom stereocenters. The van der Waals surface area contributed by atoms with Crippen molar-refractivity contribution in [3.8, 4) is 11.5 Å². The number of anilines is 1. The molecule has 0 fully saturated rings. The number of alkyl halides is 3. The van der Waals surface area contributed by atoms with Crippen LogP contribution in [0.5, 0.6) is 11.5 Å². The van der Waals surface area contributed by atoms with Crippen LogP contribution in [0.2, 0.25) is 0 Å². The lowest BCUT2D eigenvalue weighted by Crippen LogP contribution is -2.31. The molecule has 0 aromatic heterocycles. The minimum absolute atomic E-state index is 0.149. The van der Waals surface area contributed by atoms with Gasteiger partial charge in [0.2, 0.25) is 0 Å². The second kappa shape index (κ2) is 9.12. The highest BCUT2D eigenvalue weighted by molar-refractivity contribution is 5.95. The number of esters is 1. The second-order valence-corrected chi connectivity index (χ2v) is 5.66. The third kappa shape index (κ3) is 6.19. The second-order valence-electron chi connectivity index (χ2n) is 5.66. The van der Waals surface area contributed by atoms with Crippen molar-refractivity contribution < 1.29 is 37.0 Å². The van der Waals surface area contributed by atoms with Crippen molar-refractivity contribution in [2.24, 2.45) is 0 Å². The molecule has 2 aromatic carbocycles. The van der Waals surface area contributed by atoms with Gasteiger partial charge in [-0.1, -0.05) is 0 Å². The van der Waals surface area contributed by atoms with Crippen LogP contribution in [0.15, 0.2) is 48.5 Å². The number of amides is 1. The predicted molar refractivity (Wildman–Crippen MR) is 94.1 cm³/mol. The number of rotatable bonds is 7. The zero-order valence-corrected chi connectivity index (χ0v) is 15.1. The Morgan fingerprint density at radius 2 is 1.57 bits per heavy atom. The molecule has 9 heteroatoms. The normalized spacial score (nSPS) is 12.0. The molecule has 0 saturated heterocycles. The van der Waals surface area contributed by atoms with E-state index in [1.54, 1.807) is 24.3 Å². The number of carbonyl (C=O) groups is 2. The van der Waals surface area contributed by atoms with Crippen LogP contribution >= 0.6 is 0 Å². The molecular weight excluding hydrogens is 379 g/mol. The molecule has 2 aromatic rings. The lowest BCUT2D eigenvalue weighted by molar-refractivity contribution is -0.155. The summed E-state index contributed by atoms with van der Waals surface area (Å²) >= 11 is 0. The molecule has 0 unspecified atom stereocenters. The Balaban J connectivity index is 1.81. The zero-order chi connectivity index (χ0) is 20.7. The van der Waals surface area contributed by atoms with Gasteiger partial charge in [0.25, 0.3) is 5.91 Å². The van der Waals surface area contributed by atoms with E-state index in [1.165, 1.54) is 14.0 Å². The Morgan fingerprint density at radius 1 is 1.00 bits per heavy atom. The van der Waals surface area contributed by atoms with Crippen molar-refractivity contribution >= 4 is 17.6 Å². The molecule has 150 valence electrons. The highest BCUT2D eigenvalue weighted by atomic mass is 19.4. The van der Waals surface area contributed by atoms with E-state index in [2.05, 4.69) is 5.32 Å². The van der Waals surface area contributed by atoms with Crippen LogP contribution in [0.4, 0.5) is 18.9 Å². The van der Waals surface area contributed by atoms with E-state index in [0.29, 0.717) is 11.5 Å². The molecule has 0 bridgehead atoms. The molecule has 0 aliphatic carbocycles. The smallest absolute Gasteiger partial charge is 0.416 e. The molecule has 0 aliphatic rings. The third-order valence-corrected chi connectivity index (χ3v) is 3.57. The van der Waals surface area contributed by atoms with Crippen molar-refractivity contribution in [3.05, 3.63) is 54.1 Å². The summed E-state index contributed by atoms with van der Waals surface area (Å²) in [5.74, 6) is -0.411. The number of carbonyl (C=O) groups excluding carboxylic acids is 2. The van der Waals surface area contributed by atoms with Gasteiger partial charge >= 0.3 is 12.1 Å². The Kier molecular flexibility index (Phi) is 6.86. The number of methoxy groups -OCH3 is 1. The van der Waals surface area contributed by atoms with Crippen LogP contribution < -0.4 is 14.8 Å². The van der Waals surface area contributed by atoms with Crippen molar-refractivity contribution in [2.75, 3.05) is 19.0 Å². The van der Waals surface area contributed by atoms with Crippen LogP contribution in [-0.2, 0) is 20.5 Å².